The summed E-state index contributed by atoms with van der Waals surface area (Å²) < 4.78 is 42.8. The second kappa shape index (κ2) is 7.99. The van der Waals surface area contributed by atoms with E-state index >= 15 is 0 Å². The molecule has 0 atom stereocenters. The van der Waals surface area contributed by atoms with Gasteiger partial charge in [0.05, 0.1) is 24.6 Å². The van der Waals surface area contributed by atoms with Gasteiger partial charge in [0.2, 0.25) is 0 Å². The molecule has 0 fully saturated rings. The maximum absolute atomic E-state index is 12.6. The number of methoxy groups -OCH3 is 1. The SMILES string of the molecule is COc1cccc(C(=O)Nc2ccc(Nc3ccc(C(F)(F)F)cc3)nc2)c1. The van der Waals surface area contributed by atoms with Crippen molar-refractivity contribution in [1.82, 2.24) is 4.98 Å². The maximum Gasteiger partial charge on any atom is 0.416 e. The first kappa shape index (κ1) is 19.2. The standard InChI is InChI=1S/C20H16F3N3O2/c1-28-17-4-2-3-13(11-17)19(27)26-16-9-10-18(24-12-16)25-15-7-5-14(6-8-15)20(21,22)23/h2-12H,1H3,(H,24,25)(H,26,27). The third-order valence-electron chi connectivity index (χ3n) is 3.84. The lowest BCUT2D eigenvalue weighted by molar-refractivity contribution is -0.137. The zero-order valence-electron chi connectivity index (χ0n) is 14.7. The molecule has 3 aromatic rings. The average Bonchev–Trinajstić information content (AvgIpc) is 2.69. The quantitative estimate of drug-likeness (QED) is 0.639. The fraction of sp³-hybridized carbons (Fsp3) is 0.100. The molecule has 0 radical (unpaired) electrons. The maximum atomic E-state index is 12.6. The van der Waals surface area contributed by atoms with Gasteiger partial charge in [0.25, 0.3) is 5.91 Å². The smallest absolute Gasteiger partial charge is 0.416 e. The second-order valence-electron chi connectivity index (χ2n) is 5.82. The van der Waals surface area contributed by atoms with E-state index in [1.165, 1.54) is 25.4 Å². The summed E-state index contributed by atoms with van der Waals surface area (Å²) in [6, 6.07) is 14.6. The number of hydrogen-bond acceptors (Lipinski definition) is 4. The van der Waals surface area contributed by atoms with Gasteiger partial charge in [-0.05, 0) is 54.6 Å². The highest BCUT2D eigenvalue weighted by Crippen LogP contribution is 2.30. The van der Waals surface area contributed by atoms with Crippen LogP contribution in [0.3, 0.4) is 0 Å². The van der Waals surface area contributed by atoms with Crippen LogP contribution >= 0.6 is 0 Å². The molecule has 0 unspecified atom stereocenters. The van der Waals surface area contributed by atoms with Crippen LogP contribution in [-0.2, 0) is 6.18 Å². The van der Waals surface area contributed by atoms with Crippen molar-refractivity contribution in [2.45, 2.75) is 6.18 Å². The molecule has 0 aliphatic heterocycles. The van der Waals surface area contributed by atoms with Gasteiger partial charge in [-0.1, -0.05) is 6.07 Å². The van der Waals surface area contributed by atoms with Crippen LogP contribution < -0.4 is 15.4 Å². The lowest BCUT2D eigenvalue weighted by Crippen LogP contribution is -2.12. The van der Waals surface area contributed by atoms with E-state index in [2.05, 4.69) is 15.6 Å². The normalized spacial score (nSPS) is 11.0. The molecule has 0 spiro atoms. The van der Waals surface area contributed by atoms with Crippen LogP contribution in [0.4, 0.5) is 30.4 Å². The Morgan fingerprint density at radius 2 is 1.71 bits per heavy atom. The molecular formula is C20H16F3N3O2. The number of benzene rings is 2. The fourth-order valence-electron chi connectivity index (χ4n) is 2.40. The third-order valence-corrected chi connectivity index (χ3v) is 3.84. The molecular weight excluding hydrogens is 371 g/mol. The van der Waals surface area contributed by atoms with E-state index in [1.54, 1.807) is 36.4 Å². The number of anilines is 3. The summed E-state index contributed by atoms with van der Waals surface area (Å²) in [5.41, 5.74) is 0.660. The Morgan fingerprint density at radius 3 is 2.32 bits per heavy atom. The van der Waals surface area contributed by atoms with E-state index in [-0.39, 0.29) is 5.91 Å². The molecule has 8 heteroatoms. The van der Waals surface area contributed by atoms with Gasteiger partial charge in [0.15, 0.2) is 0 Å². The van der Waals surface area contributed by atoms with E-state index in [4.69, 9.17) is 4.74 Å². The van der Waals surface area contributed by atoms with Gasteiger partial charge in [-0.25, -0.2) is 4.98 Å². The van der Waals surface area contributed by atoms with Gasteiger partial charge in [0.1, 0.15) is 11.6 Å². The van der Waals surface area contributed by atoms with Gasteiger partial charge in [0, 0.05) is 11.3 Å². The first-order valence-electron chi connectivity index (χ1n) is 8.21. The third kappa shape index (κ3) is 4.79. The minimum atomic E-state index is -4.38. The van der Waals surface area contributed by atoms with Crippen LogP contribution in [0.5, 0.6) is 5.75 Å². The zero-order chi connectivity index (χ0) is 20.1. The summed E-state index contributed by atoms with van der Waals surface area (Å²) in [7, 11) is 1.52. The average molecular weight is 387 g/mol. The molecule has 1 aromatic heterocycles. The minimum absolute atomic E-state index is 0.316. The fourth-order valence-corrected chi connectivity index (χ4v) is 2.40. The number of ether oxygens (including phenoxy) is 1. The Morgan fingerprint density at radius 1 is 1.00 bits per heavy atom. The number of rotatable bonds is 5. The van der Waals surface area contributed by atoms with Crippen LogP contribution in [0.25, 0.3) is 0 Å². The summed E-state index contributed by atoms with van der Waals surface area (Å²) >= 11 is 0. The van der Waals surface area contributed by atoms with Crippen LogP contribution in [-0.4, -0.2) is 18.0 Å². The number of nitrogens with zero attached hydrogens (tertiary/aromatic N) is 1. The molecule has 2 N–H and O–H groups in total. The van der Waals surface area contributed by atoms with Crippen LogP contribution in [0.15, 0.2) is 66.9 Å². The Labute approximate surface area is 159 Å². The van der Waals surface area contributed by atoms with E-state index < -0.39 is 11.7 Å². The van der Waals surface area contributed by atoms with Crippen molar-refractivity contribution in [3.8, 4) is 5.75 Å². The van der Waals surface area contributed by atoms with Crippen molar-refractivity contribution in [2.75, 3.05) is 17.7 Å². The number of halogens is 3. The Kier molecular flexibility index (Phi) is 5.49. The van der Waals surface area contributed by atoms with E-state index in [0.717, 1.165) is 12.1 Å². The summed E-state index contributed by atoms with van der Waals surface area (Å²) in [6.45, 7) is 0. The van der Waals surface area contributed by atoms with Gasteiger partial charge < -0.3 is 15.4 Å². The number of aromatic nitrogens is 1. The molecule has 2 aromatic carbocycles. The number of carbonyl (C=O) groups excluding carboxylic acids is 1. The van der Waals surface area contributed by atoms with Crippen molar-refractivity contribution in [3.63, 3.8) is 0 Å². The van der Waals surface area contributed by atoms with Gasteiger partial charge in [-0.2, -0.15) is 13.2 Å². The van der Waals surface area contributed by atoms with E-state index in [0.29, 0.717) is 28.5 Å². The van der Waals surface area contributed by atoms with Crippen LogP contribution in [0.2, 0.25) is 0 Å². The summed E-state index contributed by atoms with van der Waals surface area (Å²) in [5, 5.41) is 5.62. The number of hydrogen-bond donors (Lipinski definition) is 2. The molecule has 0 saturated heterocycles. The molecule has 0 aliphatic carbocycles. The molecule has 5 nitrogen and oxygen atoms in total. The number of carbonyl (C=O) groups is 1. The monoisotopic (exact) mass is 387 g/mol. The highest BCUT2D eigenvalue weighted by Gasteiger charge is 2.29. The Balaban J connectivity index is 1.64. The number of amides is 1. The molecule has 28 heavy (non-hydrogen) atoms. The van der Waals surface area contributed by atoms with Crippen molar-refractivity contribution in [1.29, 1.82) is 0 Å². The topological polar surface area (TPSA) is 63.2 Å². The van der Waals surface area contributed by atoms with E-state index in [1.807, 2.05) is 0 Å². The largest absolute Gasteiger partial charge is 0.497 e. The number of pyridine rings is 1. The Hall–Kier alpha value is -3.55. The molecule has 0 saturated carbocycles. The van der Waals surface area contributed by atoms with Crippen molar-refractivity contribution in [3.05, 3.63) is 78.0 Å². The lowest BCUT2D eigenvalue weighted by atomic mass is 10.2. The predicted molar refractivity (Wildman–Crippen MR) is 99.9 cm³/mol. The van der Waals surface area contributed by atoms with Gasteiger partial charge in [-0.15, -0.1) is 0 Å². The highest BCUT2D eigenvalue weighted by molar-refractivity contribution is 6.04. The first-order chi connectivity index (χ1) is 13.3. The molecule has 3 rings (SSSR count). The van der Waals surface area contributed by atoms with Crippen LogP contribution in [0.1, 0.15) is 15.9 Å². The van der Waals surface area contributed by atoms with Crippen molar-refractivity contribution < 1.29 is 22.7 Å². The zero-order valence-corrected chi connectivity index (χ0v) is 14.7. The van der Waals surface area contributed by atoms with E-state index in [9.17, 15) is 18.0 Å². The molecule has 144 valence electrons. The van der Waals surface area contributed by atoms with Crippen LogP contribution in [0, 0.1) is 0 Å². The summed E-state index contributed by atoms with van der Waals surface area (Å²) in [6.07, 6.45) is -2.93. The molecule has 1 heterocycles. The highest BCUT2D eigenvalue weighted by atomic mass is 19.4. The molecule has 0 aliphatic rings. The second-order valence-corrected chi connectivity index (χ2v) is 5.82. The number of alkyl halides is 3. The number of nitrogens with one attached hydrogen (secondary N) is 2. The first-order valence-corrected chi connectivity index (χ1v) is 8.21. The minimum Gasteiger partial charge on any atom is -0.497 e. The van der Waals surface area contributed by atoms with Crippen molar-refractivity contribution >= 4 is 23.1 Å². The lowest BCUT2D eigenvalue weighted by Gasteiger charge is -2.10. The van der Waals surface area contributed by atoms with Crippen molar-refractivity contribution in [2.24, 2.45) is 0 Å². The summed E-state index contributed by atoms with van der Waals surface area (Å²) in [4.78, 5) is 16.4. The predicted octanol–water partition coefficient (Wildman–Crippen LogP) is 5.10. The molecule has 0 bridgehead atoms. The summed E-state index contributed by atoms with van der Waals surface area (Å²) in [5.74, 6) is 0.685. The van der Waals surface area contributed by atoms with Gasteiger partial charge in [-0.3, -0.25) is 4.79 Å². The van der Waals surface area contributed by atoms with Gasteiger partial charge >= 0.3 is 6.18 Å². The molecule has 1 amide bonds. The Bertz CT molecular complexity index is 956.